The molecule has 1 aliphatic rings. The third-order valence-electron chi connectivity index (χ3n) is 4.52. The van der Waals surface area contributed by atoms with Gasteiger partial charge in [-0.25, -0.2) is 0 Å². The zero-order valence-corrected chi connectivity index (χ0v) is 12.1. The van der Waals surface area contributed by atoms with Crippen LogP contribution < -0.4 is 5.73 Å². The van der Waals surface area contributed by atoms with Crippen LogP contribution in [0.2, 0.25) is 0 Å². The molecule has 1 aromatic carbocycles. The van der Waals surface area contributed by atoms with E-state index in [0.29, 0.717) is 12.0 Å². The fourth-order valence-corrected chi connectivity index (χ4v) is 3.18. The van der Waals surface area contributed by atoms with E-state index in [-0.39, 0.29) is 0 Å². The van der Waals surface area contributed by atoms with Crippen LogP contribution >= 0.6 is 0 Å². The summed E-state index contributed by atoms with van der Waals surface area (Å²) in [7, 11) is 0. The minimum atomic E-state index is 0.330. The monoisotopic (exact) mass is 269 g/mol. The van der Waals surface area contributed by atoms with Crippen molar-refractivity contribution in [3.63, 3.8) is 0 Å². The van der Waals surface area contributed by atoms with Gasteiger partial charge in [-0.3, -0.25) is 9.88 Å². The summed E-state index contributed by atoms with van der Waals surface area (Å²) < 4.78 is 0. The molecule has 106 valence electrons. The van der Waals surface area contributed by atoms with Gasteiger partial charge in [0.1, 0.15) is 0 Å². The van der Waals surface area contributed by atoms with E-state index >= 15 is 0 Å². The summed E-state index contributed by atoms with van der Waals surface area (Å²) in [5.41, 5.74) is 7.35. The van der Waals surface area contributed by atoms with Crippen molar-refractivity contribution in [1.82, 2.24) is 9.88 Å². The highest BCUT2D eigenvalue weighted by molar-refractivity contribution is 5.84. The van der Waals surface area contributed by atoms with Crippen molar-refractivity contribution < 1.29 is 0 Å². The van der Waals surface area contributed by atoms with E-state index < -0.39 is 0 Å². The smallest absolute Gasteiger partial charge is 0.0346 e. The summed E-state index contributed by atoms with van der Waals surface area (Å²) in [6, 6.07) is 8.84. The van der Waals surface area contributed by atoms with Gasteiger partial charge in [0, 0.05) is 30.4 Å². The fourth-order valence-electron chi connectivity index (χ4n) is 3.18. The summed E-state index contributed by atoms with van der Waals surface area (Å²) in [4.78, 5) is 6.90. The molecule has 3 heteroatoms. The highest BCUT2D eigenvalue weighted by Crippen LogP contribution is 2.23. The van der Waals surface area contributed by atoms with Crippen molar-refractivity contribution in [2.24, 2.45) is 11.7 Å². The number of nitrogens with two attached hydrogens (primary N) is 1. The van der Waals surface area contributed by atoms with Gasteiger partial charge < -0.3 is 5.73 Å². The van der Waals surface area contributed by atoms with Gasteiger partial charge in [-0.2, -0.15) is 0 Å². The van der Waals surface area contributed by atoms with Crippen LogP contribution in [0.5, 0.6) is 0 Å². The number of hydrogen-bond acceptors (Lipinski definition) is 3. The molecule has 2 aromatic rings. The number of likely N-dealkylation sites (tertiary alicyclic amines) is 1. The molecule has 3 rings (SSSR count). The molecular weight excluding hydrogens is 246 g/mol. The second-order valence-electron chi connectivity index (χ2n) is 5.99. The van der Waals surface area contributed by atoms with Gasteiger partial charge in [0.15, 0.2) is 0 Å². The molecule has 1 fully saturated rings. The third-order valence-corrected chi connectivity index (χ3v) is 4.52. The van der Waals surface area contributed by atoms with Crippen LogP contribution in [0.1, 0.15) is 25.3 Å². The van der Waals surface area contributed by atoms with E-state index in [0.717, 1.165) is 19.6 Å². The summed E-state index contributed by atoms with van der Waals surface area (Å²) in [6.45, 7) is 5.43. The van der Waals surface area contributed by atoms with Crippen molar-refractivity contribution in [3.8, 4) is 0 Å². The minimum Gasteiger partial charge on any atom is -0.328 e. The van der Waals surface area contributed by atoms with Crippen molar-refractivity contribution in [2.45, 2.75) is 32.4 Å². The Morgan fingerprint density at radius 2 is 2.00 bits per heavy atom. The van der Waals surface area contributed by atoms with Gasteiger partial charge in [0.05, 0.1) is 0 Å². The van der Waals surface area contributed by atoms with Crippen LogP contribution in [-0.4, -0.2) is 29.0 Å². The summed E-state index contributed by atoms with van der Waals surface area (Å²) in [5, 5.41) is 2.56. The lowest BCUT2D eigenvalue weighted by molar-refractivity contribution is 0.166. The number of rotatable bonds is 3. The van der Waals surface area contributed by atoms with Crippen molar-refractivity contribution in [3.05, 3.63) is 42.2 Å². The molecule has 0 aliphatic carbocycles. The first-order valence-electron chi connectivity index (χ1n) is 7.53. The molecule has 1 aromatic heterocycles. The molecule has 2 heterocycles. The standard InChI is InChI=1S/C17H23N3/c1-13(18)14-6-8-20(9-7-14)12-16-11-19-10-15-4-2-3-5-17(15)16/h2-5,10-11,13-14H,6-9,12,18H2,1H3. The predicted molar refractivity (Wildman–Crippen MR) is 83.4 cm³/mol. The molecule has 1 atom stereocenters. The van der Waals surface area contributed by atoms with E-state index in [4.69, 9.17) is 5.73 Å². The number of pyridine rings is 1. The molecule has 0 radical (unpaired) electrons. The first kappa shape index (κ1) is 13.5. The van der Waals surface area contributed by atoms with E-state index in [1.807, 2.05) is 12.4 Å². The van der Waals surface area contributed by atoms with Crippen LogP contribution in [0.15, 0.2) is 36.7 Å². The highest BCUT2D eigenvalue weighted by Gasteiger charge is 2.22. The van der Waals surface area contributed by atoms with Crippen molar-refractivity contribution in [2.75, 3.05) is 13.1 Å². The first-order valence-corrected chi connectivity index (χ1v) is 7.53. The molecule has 0 bridgehead atoms. The number of benzene rings is 1. The van der Waals surface area contributed by atoms with Gasteiger partial charge >= 0.3 is 0 Å². The van der Waals surface area contributed by atoms with Crippen LogP contribution in [-0.2, 0) is 6.54 Å². The van der Waals surface area contributed by atoms with E-state index in [2.05, 4.69) is 41.1 Å². The van der Waals surface area contributed by atoms with Crippen LogP contribution in [0.3, 0.4) is 0 Å². The van der Waals surface area contributed by atoms with Crippen molar-refractivity contribution in [1.29, 1.82) is 0 Å². The summed E-state index contributed by atoms with van der Waals surface area (Å²) in [5.74, 6) is 0.692. The Morgan fingerprint density at radius 1 is 1.25 bits per heavy atom. The lowest BCUT2D eigenvalue weighted by atomic mass is 9.91. The lowest BCUT2D eigenvalue weighted by Gasteiger charge is -2.33. The number of fused-ring (bicyclic) bond motifs is 1. The average Bonchev–Trinajstić information content (AvgIpc) is 2.48. The normalized spacial score (nSPS) is 19.3. The predicted octanol–water partition coefficient (Wildman–Crippen LogP) is 2.79. The number of nitrogens with zero attached hydrogens (tertiary/aromatic N) is 2. The SMILES string of the molecule is CC(N)C1CCN(Cc2cncc3ccccc23)CC1. The van der Waals surface area contributed by atoms with Gasteiger partial charge in [0.2, 0.25) is 0 Å². The second kappa shape index (κ2) is 5.90. The van der Waals surface area contributed by atoms with Gasteiger partial charge in [-0.1, -0.05) is 24.3 Å². The Labute approximate surface area is 120 Å². The maximum absolute atomic E-state index is 6.01. The molecule has 1 saturated heterocycles. The largest absolute Gasteiger partial charge is 0.328 e. The molecule has 2 N–H and O–H groups in total. The zero-order chi connectivity index (χ0) is 13.9. The molecule has 0 amide bonds. The Balaban J connectivity index is 1.72. The van der Waals surface area contributed by atoms with Crippen LogP contribution in [0, 0.1) is 5.92 Å². The lowest BCUT2D eigenvalue weighted by Crippen LogP contribution is -2.39. The van der Waals surface area contributed by atoms with Gasteiger partial charge in [-0.05, 0) is 49.7 Å². The van der Waals surface area contributed by atoms with E-state index in [1.54, 1.807) is 0 Å². The zero-order valence-electron chi connectivity index (χ0n) is 12.1. The molecule has 1 aliphatic heterocycles. The highest BCUT2D eigenvalue weighted by atomic mass is 15.1. The Hall–Kier alpha value is -1.45. The topological polar surface area (TPSA) is 42.1 Å². The Bertz CT molecular complexity index is 566. The number of hydrogen-bond donors (Lipinski definition) is 1. The number of piperidine rings is 1. The molecule has 20 heavy (non-hydrogen) atoms. The van der Waals surface area contributed by atoms with Crippen LogP contribution in [0.4, 0.5) is 0 Å². The maximum Gasteiger partial charge on any atom is 0.0346 e. The third kappa shape index (κ3) is 2.84. The minimum absolute atomic E-state index is 0.330. The van der Waals surface area contributed by atoms with E-state index in [9.17, 15) is 0 Å². The summed E-state index contributed by atoms with van der Waals surface area (Å²) in [6.07, 6.45) is 6.40. The molecular formula is C17H23N3. The van der Waals surface area contributed by atoms with Crippen LogP contribution in [0.25, 0.3) is 10.8 Å². The van der Waals surface area contributed by atoms with Gasteiger partial charge in [-0.15, -0.1) is 0 Å². The fraction of sp³-hybridized carbons (Fsp3) is 0.471. The summed E-state index contributed by atoms with van der Waals surface area (Å²) >= 11 is 0. The molecule has 1 unspecified atom stereocenters. The second-order valence-corrected chi connectivity index (χ2v) is 5.99. The average molecular weight is 269 g/mol. The van der Waals surface area contributed by atoms with Crippen molar-refractivity contribution >= 4 is 10.8 Å². The molecule has 0 spiro atoms. The number of aromatic nitrogens is 1. The quantitative estimate of drug-likeness (QED) is 0.931. The molecule has 0 saturated carbocycles. The maximum atomic E-state index is 6.01. The molecule has 3 nitrogen and oxygen atoms in total. The van der Waals surface area contributed by atoms with E-state index in [1.165, 1.54) is 29.2 Å². The first-order chi connectivity index (χ1) is 9.74. The van der Waals surface area contributed by atoms with Gasteiger partial charge in [0.25, 0.3) is 0 Å². The Morgan fingerprint density at radius 3 is 2.75 bits per heavy atom. The Kier molecular flexibility index (Phi) is 3.99.